The van der Waals surface area contributed by atoms with E-state index in [1.54, 1.807) is 0 Å². The van der Waals surface area contributed by atoms with Crippen LogP contribution in [0.15, 0.2) is 18.2 Å². The molecule has 3 nitrogen and oxygen atoms in total. The van der Waals surface area contributed by atoms with Crippen LogP contribution in [0.25, 0.3) is 11.0 Å². The minimum Gasteiger partial charge on any atom is -0.331 e. The zero-order valence-electron chi connectivity index (χ0n) is 10.9. The monoisotopic (exact) mass is 295 g/mol. The Morgan fingerprint density at radius 1 is 1.16 bits per heavy atom. The summed E-state index contributed by atoms with van der Waals surface area (Å²) in [4.78, 5) is 5.76. The van der Waals surface area contributed by atoms with E-state index < -0.39 is 0 Å². The first kappa shape index (κ1) is 13.2. The first-order chi connectivity index (χ1) is 9.24. The number of hydrogen-bond donors (Lipinski definition) is 1. The topological polar surface area (TPSA) is 24.0 Å². The van der Waals surface area contributed by atoms with Gasteiger partial charge in [0.1, 0.15) is 0 Å². The van der Waals surface area contributed by atoms with Gasteiger partial charge in [0.15, 0.2) is 4.77 Å². The van der Waals surface area contributed by atoms with Gasteiger partial charge in [-0.2, -0.15) is 0 Å². The van der Waals surface area contributed by atoms with Crippen LogP contribution in [-0.2, 0) is 6.54 Å². The number of halogens is 1. The molecule has 3 rings (SSSR count). The number of benzene rings is 1. The molecule has 1 aliphatic heterocycles. The number of rotatable bonds is 3. The summed E-state index contributed by atoms with van der Waals surface area (Å²) >= 11 is 11.4. The number of H-pyrrole nitrogens is 1. The summed E-state index contributed by atoms with van der Waals surface area (Å²) < 4.78 is 2.96. The van der Waals surface area contributed by atoms with Crippen molar-refractivity contribution in [3.8, 4) is 0 Å². The molecule has 1 aromatic carbocycles. The van der Waals surface area contributed by atoms with E-state index in [2.05, 4.69) is 14.5 Å². The molecule has 5 heteroatoms. The molecule has 0 bridgehead atoms. The Morgan fingerprint density at radius 2 is 1.95 bits per heavy atom. The lowest BCUT2D eigenvalue weighted by molar-refractivity contribution is 0.221. The van der Waals surface area contributed by atoms with Crippen LogP contribution in [-0.4, -0.2) is 34.1 Å². The predicted molar refractivity (Wildman–Crippen MR) is 82.4 cm³/mol. The molecule has 19 heavy (non-hydrogen) atoms. The maximum Gasteiger partial charge on any atom is 0.178 e. The number of nitrogens with zero attached hydrogens (tertiary/aromatic N) is 2. The minimum absolute atomic E-state index is 0.743. The van der Waals surface area contributed by atoms with Crippen LogP contribution in [0.5, 0.6) is 0 Å². The summed E-state index contributed by atoms with van der Waals surface area (Å²) in [5.41, 5.74) is 2.17. The van der Waals surface area contributed by atoms with Gasteiger partial charge >= 0.3 is 0 Å². The number of fused-ring (bicyclic) bond motifs is 1. The quantitative estimate of drug-likeness (QED) is 0.870. The second-order valence-electron chi connectivity index (χ2n) is 5.15. The van der Waals surface area contributed by atoms with Gasteiger partial charge in [-0.25, -0.2) is 0 Å². The molecule has 1 N–H and O–H groups in total. The number of aromatic nitrogens is 2. The number of imidazole rings is 1. The Bertz CT molecular complexity index is 625. The van der Waals surface area contributed by atoms with Crippen LogP contribution in [0.2, 0.25) is 5.02 Å². The summed E-state index contributed by atoms with van der Waals surface area (Å²) in [5, 5.41) is 0.743. The first-order valence-electron chi connectivity index (χ1n) is 6.84. The second-order valence-corrected chi connectivity index (χ2v) is 5.97. The van der Waals surface area contributed by atoms with Gasteiger partial charge in [0.05, 0.1) is 11.0 Å². The average Bonchev–Trinajstić information content (AvgIpc) is 2.72. The summed E-state index contributed by atoms with van der Waals surface area (Å²) in [6.45, 7) is 4.47. The maximum atomic E-state index is 6.01. The Morgan fingerprint density at radius 3 is 2.74 bits per heavy atom. The van der Waals surface area contributed by atoms with E-state index in [0.29, 0.717) is 0 Å². The lowest BCUT2D eigenvalue weighted by Crippen LogP contribution is -2.32. The van der Waals surface area contributed by atoms with Crippen molar-refractivity contribution < 1.29 is 0 Å². The second kappa shape index (κ2) is 5.65. The number of hydrogen-bond acceptors (Lipinski definition) is 2. The van der Waals surface area contributed by atoms with E-state index in [9.17, 15) is 0 Å². The standard InChI is InChI=1S/C14H18ClN3S/c15-11-4-5-13-12(10-11)16-14(19)18(13)9-8-17-6-2-1-3-7-17/h4-5,10H,1-3,6-9H2,(H,16,19). The summed E-state index contributed by atoms with van der Waals surface area (Å²) in [6, 6.07) is 5.90. The van der Waals surface area contributed by atoms with Gasteiger partial charge in [-0.15, -0.1) is 0 Å². The van der Waals surface area contributed by atoms with Gasteiger partial charge in [-0.3, -0.25) is 0 Å². The zero-order valence-corrected chi connectivity index (χ0v) is 12.4. The molecular formula is C14H18ClN3S. The van der Waals surface area contributed by atoms with Crippen molar-refractivity contribution >= 4 is 34.9 Å². The van der Waals surface area contributed by atoms with Gasteiger partial charge in [0.25, 0.3) is 0 Å². The summed E-state index contributed by atoms with van der Waals surface area (Å²) in [5.74, 6) is 0. The van der Waals surface area contributed by atoms with Crippen LogP contribution in [0.3, 0.4) is 0 Å². The van der Waals surface area contributed by atoms with Crippen molar-refractivity contribution in [3.63, 3.8) is 0 Å². The molecule has 1 saturated heterocycles. The van der Waals surface area contributed by atoms with E-state index in [4.69, 9.17) is 23.8 Å². The number of aromatic amines is 1. The van der Waals surface area contributed by atoms with Crippen molar-refractivity contribution in [1.29, 1.82) is 0 Å². The van der Waals surface area contributed by atoms with Gasteiger partial charge in [-0.05, 0) is 56.3 Å². The predicted octanol–water partition coefficient (Wildman–Crippen LogP) is 3.84. The molecule has 1 aliphatic rings. The fourth-order valence-electron chi connectivity index (χ4n) is 2.78. The third-order valence-electron chi connectivity index (χ3n) is 3.82. The molecule has 0 spiro atoms. The van der Waals surface area contributed by atoms with Crippen molar-refractivity contribution in [2.45, 2.75) is 25.8 Å². The Labute approximate surface area is 123 Å². The number of piperidine rings is 1. The SMILES string of the molecule is S=c1[nH]c2cc(Cl)ccc2n1CCN1CCCCC1. The van der Waals surface area contributed by atoms with E-state index in [-0.39, 0.29) is 0 Å². The van der Waals surface area contributed by atoms with Gasteiger partial charge in [0, 0.05) is 18.1 Å². The third-order valence-corrected chi connectivity index (χ3v) is 4.38. The van der Waals surface area contributed by atoms with Crippen LogP contribution in [0, 0.1) is 4.77 Å². The molecule has 102 valence electrons. The average molecular weight is 296 g/mol. The van der Waals surface area contributed by atoms with Crippen molar-refractivity contribution in [3.05, 3.63) is 28.0 Å². The largest absolute Gasteiger partial charge is 0.331 e. The molecule has 0 saturated carbocycles. The van der Waals surface area contributed by atoms with Crippen molar-refractivity contribution in [2.75, 3.05) is 19.6 Å². The lowest BCUT2D eigenvalue weighted by atomic mass is 10.1. The molecule has 0 radical (unpaired) electrons. The van der Waals surface area contributed by atoms with Gasteiger partial charge < -0.3 is 14.5 Å². The lowest BCUT2D eigenvalue weighted by Gasteiger charge is -2.26. The zero-order chi connectivity index (χ0) is 13.2. The van der Waals surface area contributed by atoms with E-state index in [1.807, 2.05) is 18.2 Å². The highest BCUT2D eigenvalue weighted by atomic mass is 35.5. The van der Waals surface area contributed by atoms with Gasteiger partial charge in [-0.1, -0.05) is 18.0 Å². The fourth-order valence-corrected chi connectivity index (χ4v) is 3.25. The molecule has 0 amide bonds. The number of nitrogens with one attached hydrogen (secondary N) is 1. The molecule has 0 unspecified atom stereocenters. The molecule has 2 aromatic rings. The Hall–Kier alpha value is -0.840. The van der Waals surface area contributed by atoms with Crippen molar-refractivity contribution in [1.82, 2.24) is 14.5 Å². The van der Waals surface area contributed by atoms with E-state index in [1.165, 1.54) is 32.4 Å². The van der Waals surface area contributed by atoms with Crippen LogP contribution < -0.4 is 0 Å². The highest BCUT2D eigenvalue weighted by molar-refractivity contribution is 7.71. The minimum atomic E-state index is 0.743. The van der Waals surface area contributed by atoms with Gasteiger partial charge in [0.2, 0.25) is 0 Å². The molecule has 0 aliphatic carbocycles. The highest BCUT2D eigenvalue weighted by Crippen LogP contribution is 2.19. The molecule has 1 fully saturated rings. The third kappa shape index (κ3) is 2.86. The van der Waals surface area contributed by atoms with E-state index in [0.717, 1.165) is 33.9 Å². The maximum absolute atomic E-state index is 6.01. The molecule has 0 atom stereocenters. The molecular weight excluding hydrogens is 278 g/mol. The van der Waals surface area contributed by atoms with Crippen LogP contribution in [0.1, 0.15) is 19.3 Å². The Kier molecular flexibility index (Phi) is 3.91. The number of likely N-dealkylation sites (tertiary alicyclic amines) is 1. The highest BCUT2D eigenvalue weighted by Gasteiger charge is 2.11. The molecule has 1 aromatic heterocycles. The van der Waals surface area contributed by atoms with Crippen LogP contribution >= 0.6 is 23.8 Å². The first-order valence-corrected chi connectivity index (χ1v) is 7.63. The normalized spacial score (nSPS) is 17.1. The fraction of sp³-hybridized carbons (Fsp3) is 0.500. The molecule has 2 heterocycles. The Balaban J connectivity index is 1.80. The van der Waals surface area contributed by atoms with Crippen LogP contribution in [0.4, 0.5) is 0 Å². The van der Waals surface area contributed by atoms with E-state index >= 15 is 0 Å². The van der Waals surface area contributed by atoms with Crippen molar-refractivity contribution in [2.24, 2.45) is 0 Å². The smallest absolute Gasteiger partial charge is 0.178 e. The summed E-state index contributed by atoms with van der Waals surface area (Å²) in [6.07, 6.45) is 4.03. The summed E-state index contributed by atoms with van der Waals surface area (Å²) in [7, 11) is 0.